The number of aryl methyl sites for hydroxylation is 1. The monoisotopic (exact) mass is 282 g/mol. The van der Waals surface area contributed by atoms with Gasteiger partial charge in [0.2, 0.25) is 0 Å². The second-order valence-electron chi connectivity index (χ2n) is 5.34. The molecule has 2 unspecified atom stereocenters. The lowest BCUT2D eigenvalue weighted by molar-refractivity contribution is -0.00754. The summed E-state index contributed by atoms with van der Waals surface area (Å²) < 4.78 is 5.83. The summed E-state index contributed by atoms with van der Waals surface area (Å²) in [7, 11) is 2.17. The molecule has 0 radical (unpaired) electrons. The summed E-state index contributed by atoms with van der Waals surface area (Å²) in [6.45, 7) is 4.78. The third-order valence-corrected chi connectivity index (χ3v) is 5.21. The van der Waals surface area contributed by atoms with E-state index < -0.39 is 0 Å². The molecule has 0 bridgehead atoms. The van der Waals surface area contributed by atoms with E-state index in [2.05, 4.69) is 31.0 Å². The average Bonchev–Trinajstić information content (AvgIpc) is 2.89. The zero-order valence-corrected chi connectivity index (χ0v) is 12.9. The van der Waals surface area contributed by atoms with Gasteiger partial charge in [0, 0.05) is 29.5 Å². The Morgan fingerprint density at radius 1 is 1.47 bits per heavy atom. The van der Waals surface area contributed by atoms with Crippen LogP contribution in [0.1, 0.15) is 42.0 Å². The molecule has 4 heteroatoms. The third kappa shape index (κ3) is 4.02. The molecule has 19 heavy (non-hydrogen) atoms. The molecule has 2 rings (SSSR count). The second kappa shape index (κ2) is 7.39. The summed E-state index contributed by atoms with van der Waals surface area (Å²) in [4.78, 5) is 5.19. The van der Waals surface area contributed by atoms with Gasteiger partial charge in [-0.05, 0) is 44.9 Å². The van der Waals surface area contributed by atoms with Gasteiger partial charge in [-0.1, -0.05) is 6.92 Å². The number of hydrogen-bond acceptors (Lipinski definition) is 4. The van der Waals surface area contributed by atoms with E-state index in [1.54, 1.807) is 0 Å². The Morgan fingerprint density at radius 3 is 2.89 bits per heavy atom. The fraction of sp³-hybridized carbons (Fsp3) is 0.733. The molecule has 0 amide bonds. The highest BCUT2D eigenvalue weighted by Gasteiger charge is 2.22. The number of likely N-dealkylation sites (N-methyl/N-ethyl adjacent to an activating group) is 1. The van der Waals surface area contributed by atoms with Crippen LogP contribution in [0.5, 0.6) is 0 Å². The molecule has 108 valence electrons. The van der Waals surface area contributed by atoms with Gasteiger partial charge in [0.25, 0.3) is 0 Å². The van der Waals surface area contributed by atoms with E-state index in [4.69, 9.17) is 10.5 Å². The highest BCUT2D eigenvalue weighted by atomic mass is 32.1. The van der Waals surface area contributed by atoms with Gasteiger partial charge in [-0.25, -0.2) is 0 Å². The van der Waals surface area contributed by atoms with Crippen LogP contribution in [0.4, 0.5) is 0 Å². The van der Waals surface area contributed by atoms with Gasteiger partial charge < -0.3 is 10.5 Å². The van der Waals surface area contributed by atoms with Crippen molar-refractivity contribution in [2.45, 2.75) is 44.8 Å². The van der Waals surface area contributed by atoms with Crippen molar-refractivity contribution in [3.05, 3.63) is 21.9 Å². The fourth-order valence-electron chi connectivity index (χ4n) is 2.68. The topological polar surface area (TPSA) is 38.5 Å². The molecule has 1 aromatic rings. The minimum Gasteiger partial charge on any atom is -0.377 e. The van der Waals surface area contributed by atoms with Crippen LogP contribution >= 0.6 is 11.3 Å². The molecule has 0 aliphatic carbocycles. The predicted octanol–water partition coefficient (Wildman–Crippen LogP) is 2.81. The highest BCUT2D eigenvalue weighted by molar-refractivity contribution is 7.12. The molecule has 1 aromatic heterocycles. The largest absolute Gasteiger partial charge is 0.377 e. The smallest absolute Gasteiger partial charge is 0.0702 e. The van der Waals surface area contributed by atoms with Crippen LogP contribution < -0.4 is 5.73 Å². The van der Waals surface area contributed by atoms with Crippen molar-refractivity contribution >= 4 is 11.3 Å². The van der Waals surface area contributed by atoms with Crippen LogP contribution in [0.25, 0.3) is 0 Å². The van der Waals surface area contributed by atoms with Crippen LogP contribution in [0, 0.1) is 0 Å². The second-order valence-corrected chi connectivity index (χ2v) is 6.54. The molecule has 3 nitrogen and oxygen atoms in total. The lowest BCUT2D eigenvalue weighted by Crippen LogP contribution is -2.38. The maximum absolute atomic E-state index is 5.99. The highest BCUT2D eigenvalue weighted by Crippen LogP contribution is 2.27. The number of hydrogen-bond donors (Lipinski definition) is 1. The minimum atomic E-state index is 0.329. The van der Waals surface area contributed by atoms with Crippen molar-refractivity contribution in [1.82, 2.24) is 4.90 Å². The first-order chi connectivity index (χ1) is 9.24. The average molecular weight is 282 g/mol. The Morgan fingerprint density at radius 2 is 2.32 bits per heavy atom. The Bertz CT molecular complexity index is 374. The van der Waals surface area contributed by atoms with Crippen molar-refractivity contribution in [1.29, 1.82) is 0 Å². The summed E-state index contributed by atoms with van der Waals surface area (Å²) in [6.07, 6.45) is 5.19. The Balaban J connectivity index is 1.95. The number of thiophene rings is 1. The molecular formula is C15H26N2OS. The molecular weight excluding hydrogens is 256 g/mol. The normalized spacial score (nSPS) is 21.8. The van der Waals surface area contributed by atoms with Crippen molar-refractivity contribution in [2.24, 2.45) is 5.73 Å². The van der Waals surface area contributed by atoms with Crippen LogP contribution in [-0.2, 0) is 11.2 Å². The summed E-state index contributed by atoms with van der Waals surface area (Å²) in [5, 5.41) is 0. The van der Waals surface area contributed by atoms with Crippen molar-refractivity contribution in [3.8, 4) is 0 Å². The van der Waals surface area contributed by atoms with Gasteiger partial charge in [-0.3, -0.25) is 4.90 Å². The molecule has 0 saturated carbocycles. The quantitative estimate of drug-likeness (QED) is 0.872. The molecule has 0 aromatic carbocycles. The molecule has 1 aliphatic rings. The predicted molar refractivity (Wildman–Crippen MR) is 81.7 cm³/mol. The maximum Gasteiger partial charge on any atom is 0.0702 e. The number of rotatable bonds is 6. The first kappa shape index (κ1) is 15.0. The zero-order chi connectivity index (χ0) is 13.7. The van der Waals surface area contributed by atoms with Crippen molar-refractivity contribution in [3.63, 3.8) is 0 Å². The number of nitrogens with zero attached hydrogens (tertiary/aromatic N) is 1. The van der Waals surface area contributed by atoms with Gasteiger partial charge in [0.15, 0.2) is 0 Å². The molecule has 2 N–H and O–H groups in total. The third-order valence-electron chi connectivity index (χ3n) is 3.88. The SMILES string of the molecule is CCc1ccc(C(CN)N(C)CC2CCCCO2)s1. The number of ether oxygens (including phenoxy) is 1. The lowest BCUT2D eigenvalue weighted by atomic mass is 10.1. The van der Waals surface area contributed by atoms with Crippen LogP contribution in [0.15, 0.2) is 12.1 Å². The van der Waals surface area contributed by atoms with E-state index >= 15 is 0 Å². The molecule has 1 saturated heterocycles. The molecule has 2 atom stereocenters. The molecule has 1 aliphatic heterocycles. The van der Waals surface area contributed by atoms with Gasteiger partial charge in [-0.2, -0.15) is 0 Å². The van der Waals surface area contributed by atoms with E-state index in [0.717, 1.165) is 19.6 Å². The summed E-state index contributed by atoms with van der Waals surface area (Å²) >= 11 is 1.89. The molecule has 2 heterocycles. The molecule has 0 spiro atoms. The van der Waals surface area contributed by atoms with E-state index in [-0.39, 0.29) is 0 Å². The number of nitrogens with two attached hydrogens (primary N) is 1. The van der Waals surface area contributed by atoms with Crippen LogP contribution in [0.2, 0.25) is 0 Å². The van der Waals surface area contributed by atoms with E-state index in [9.17, 15) is 0 Å². The van der Waals surface area contributed by atoms with Crippen LogP contribution in [-0.4, -0.2) is 37.7 Å². The van der Waals surface area contributed by atoms with E-state index in [1.165, 1.54) is 29.0 Å². The minimum absolute atomic E-state index is 0.329. The van der Waals surface area contributed by atoms with Gasteiger partial charge in [0.05, 0.1) is 12.1 Å². The van der Waals surface area contributed by atoms with Gasteiger partial charge in [0.1, 0.15) is 0 Å². The fourth-order valence-corrected chi connectivity index (χ4v) is 3.81. The van der Waals surface area contributed by atoms with E-state index in [1.807, 2.05) is 11.3 Å². The van der Waals surface area contributed by atoms with Crippen molar-refractivity contribution < 1.29 is 4.74 Å². The van der Waals surface area contributed by atoms with Crippen molar-refractivity contribution in [2.75, 3.05) is 26.7 Å². The summed E-state index contributed by atoms with van der Waals surface area (Å²) in [5.74, 6) is 0. The Kier molecular flexibility index (Phi) is 5.82. The first-order valence-corrected chi connectivity index (χ1v) is 8.16. The van der Waals surface area contributed by atoms with Gasteiger partial charge in [-0.15, -0.1) is 11.3 Å². The Labute approximate surface area is 120 Å². The first-order valence-electron chi connectivity index (χ1n) is 7.35. The molecule has 1 fully saturated rings. The van der Waals surface area contributed by atoms with E-state index in [0.29, 0.717) is 18.7 Å². The summed E-state index contributed by atoms with van der Waals surface area (Å²) in [6, 6.07) is 4.79. The Hall–Kier alpha value is -0.420. The summed E-state index contributed by atoms with van der Waals surface area (Å²) in [5.41, 5.74) is 5.99. The maximum atomic E-state index is 5.99. The lowest BCUT2D eigenvalue weighted by Gasteiger charge is -2.31. The van der Waals surface area contributed by atoms with Crippen LogP contribution in [0.3, 0.4) is 0 Å². The van der Waals surface area contributed by atoms with Gasteiger partial charge >= 0.3 is 0 Å². The standard InChI is InChI=1S/C15H26N2OS/c1-3-13-7-8-15(19-13)14(10-16)17(2)11-12-6-4-5-9-18-12/h7-8,12,14H,3-6,9-11,16H2,1-2H3. The zero-order valence-electron chi connectivity index (χ0n) is 12.1.